The van der Waals surface area contributed by atoms with Gasteiger partial charge in [0.05, 0.1) is 12.1 Å². The van der Waals surface area contributed by atoms with E-state index in [4.69, 9.17) is 10.1 Å². The van der Waals surface area contributed by atoms with E-state index in [1.165, 1.54) is 25.7 Å². The van der Waals surface area contributed by atoms with E-state index < -0.39 is 0 Å². The van der Waals surface area contributed by atoms with Crippen LogP contribution in [0.5, 0.6) is 0 Å². The largest absolute Gasteiger partial charge is 0.296 e. The smallest absolute Gasteiger partial charge is 0.235 e. The fourth-order valence-electron chi connectivity index (χ4n) is 3.54. The van der Waals surface area contributed by atoms with Crippen molar-refractivity contribution in [1.29, 1.82) is 0 Å². The Bertz CT molecular complexity index is 1040. The predicted molar refractivity (Wildman–Crippen MR) is 103 cm³/mol. The van der Waals surface area contributed by atoms with E-state index >= 15 is 0 Å². The van der Waals surface area contributed by atoms with E-state index in [0.717, 1.165) is 52.0 Å². The molecule has 0 spiro atoms. The highest BCUT2D eigenvalue weighted by Crippen LogP contribution is 2.26. The molecule has 0 unspecified atom stereocenters. The molecule has 0 bridgehead atoms. The summed E-state index contributed by atoms with van der Waals surface area (Å²) in [7, 11) is 0. The molecule has 1 aliphatic rings. The summed E-state index contributed by atoms with van der Waals surface area (Å²) in [6, 6.07) is 12.3. The van der Waals surface area contributed by atoms with Crippen molar-refractivity contribution in [3.05, 3.63) is 42.2 Å². The molecule has 1 fully saturated rings. The molecule has 7 heteroatoms. The highest BCUT2D eigenvalue weighted by atomic mass is 32.1. The molecule has 4 aromatic rings. The van der Waals surface area contributed by atoms with Gasteiger partial charge >= 0.3 is 0 Å². The lowest BCUT2D eigenvalue weighted by Crippen LogP contribution is -2.25. The van der Waals surface area contributed by atoms with E-state index in [0.29, 0.717) is 0 Å². The highest BCUT2D eigenvalue weighted by molar-refractivity contribution is 7.19. The van der Waals surface area contributed by atoms with Crippen LogP contribution in [0.15, 0.2) is 36.4 Å². The molecule has 0 N–H and O–H groups in total. The zero-order valence-corrected chi connectivity index (χ0v) is 15.3. The van der Waals surface area contributed by atoms with Gasteiger partial charge in [-0.25, -0.2) is 4.98 Å². The van der Waals surface area contributed by atoms with Gasteiger partial charge < -0.3 is 0 Å². The van der Waals surface area contributed by atoms with Gasteiger partial charge in [0, 0.05) is 5.39 Å². The lowest BCUT2D eigenvalue weighted by Gasteiger charge is -2.17. The summed E-state index contributed by atoms with van der Waals surface area (Å²) in [5, 5.41) is 15.5. The normalized spacial score (nSPS) is 16.3. The molecule has 3 aromatic heterocycles. The van der Waals surface area contributed by atoms with Crippen LogP contribution < -0.4 is 0 Å². The van der Waals surface area contributed by atoms with Gasteiger partial charge in [-0.05, 0) is 38.1 Å². The maximum atomic E-state index is 4.76. The van der Waals surface area contributed by atoms with Crippen molar-refractivity contribution in [3.8, 4) is 10.7 Å². The molecule has 1 aliphatic heterocycles. The second-order valence-electron chi connectivity index (χ2n) is 6.80. The van der Waals surface area contributed by atoms with E-state index in [9.17, 15) is 0 Å². The Balaban J connectivity index is 1.46. The van der Waals surface area contributed by atoms with Gasteiger partial charge in [-0.1, -0.05) is 48.4 Å². The lowest BCUT2D eigenvalue weighted by molar-refractivity contribution is 0.268. The van der Waals surface area contributed by atoms with Crippen molar-refractivity contribution >= 4 is 27.2 Å². The summed E-state index contributed by atoms with van der Waals surface area (Å²) in [5.74, 6) is 0.921. The van der Waals surface area contributed by atoms with Crippen molar-refractivity contribution in [2.45, 2.75) is 32.2 Å². The van der Waals surface area contributed by atoms with Gasteiger partial charge in [-0.2, -0.15) is 9.61 Å². The first kappa shape index (κ1) is 15.8. The number of pyridine rings is 1. The average Bonchev–Trinajstić information content (AvgIpc) is 3.15. The minimum absolute atomic E-state index is 0.815. The minimum Gasteiger partial charge on any atom is -0.296 e. The summed E-state index contributed by atoms with van der Waals surface area (Å²) in [6.45, 7) is 3.09. The topological polar surface area (TPSA) is 59.2 Å². The van der Waals surface area contributed by atoms with Gasteiger partial charge in [-0.15, -0.1) is 10.2 Å². The minimum atomic E-state index is 0.815. The molecule has 0 amide bonds. The molecule has 132 valence electrons. The highest BCUT2D eigenvalue weighted by Gasteiger charge is 2.17. The first-order chi connectivity index (χ1) is 12.9. The molecule has 0 aliphatic carbocycles. The first-order valence-corrected chi connectivity index (χ1v) is 9.98. The second kappa shape index (κ2) is 6.74. The second-order valence-corrected chi connectivity index (χ2v) is 7.75. The number of benzene rings is 1. The Kier molecular flexibility index (Phi) is 4.10. The van der Waals surface area contributed by atoms with Crippen LogP contribution in [0.1, 0.15) is 31.5 Å². The number of hydrogen-bond donors (Lipinski definition) is 0. The third-order valence-corrected chi connectivity index (χ3v) is 5.86. The molecule has 0 atom stereocenters. The maximum absolute atomic E-state index is 4.76. The van der Waals surface area contributed by atoms with Crippen LogP contribution in [-0.2, 0) is 6.54 Å². The number of aromatic nitrogens is 5. The van der Waals surface area contributed by atoms with Crippen LogP contribution in [0, 0.1) is 0 Å². The Morgan fingerprint density at radius 2 is 1.77 bits per heavy atom. The number of rotatable bonds is 3. The van der Waals surface area contributed by atoms with Crippen LogP contribution in [0.25, 0.3) is 26.6 Å². The van der Waals surface area contributed by atoms with Crippen LogP contribution in [0.4, 0.5) is 0 Å². The van der Waals surface area contributed by atoms with Crippen molar-refractivity contribution in [2.75, 3.05) is 13.1 Å². The Morgan fingerprint density at radius 3 is 2.65 bits per heavy atom. The number of para-hydroxylation sites is 1. The fourth-order valence-corrected chi connectivity index (χ4v) is 4.37. The average molecular weight is 364 g/mol. The van der Waals surface area contributed by atoms with Crippen molar-refractivity contribution in [3.63, 3.8) is 0 Å². The number of fused-ring (bicyclic) bond motifs is 2. The predicted octanol–water partition coefficient (Wildman–Crippen LogP) is 3.78. The SMILES string of the molecule is c1ccc2nc(-c3nn4c(CN5CCCCCC5)nnc4s3)ccc2c1. The first-order valence-electron chi connectivity index (χ1n) is 9.16. The molecular weight excluding hydrogens is 344 g/mol. The van der Waals surface area contributed by atoms with Gasteiger partial charge in [0.15, 0.2) is 10.8 Å². The summed E-state index contributed by atoms with van der Waals surface area (Å²) >= 11 is 1.54. The molecule has 0 saturated carbocycles. The van der Waals surface area contributed by atoms with Crippen molar-refractivity contribution in [2.24, 2.45) is 0 Å². The van der Waals surface area contributed by atoms with Crippen molar-refractivity contribution in [1.82, 2.24) is 29.7 Å². The van der Waals surface area contributed by atoms with Crippen LogP contribution in [0.3, 0.4) is 0 Å². The van der Waals surface area contributed by atoms with Gasteiger partial charge in [-0.3, -0.25) is 4.90 Å². The summed E-state index contributed by atoms with van der Waals surface area (Å²) < 4.78 is 1.89. The monoisotopic (exact) mass is 364 g/mol. The van der Waals surface area contributed by atoms with Crippen LogP contribution in [-0.4, -0.2) is 42.8 Å². The maximum Gasteiger partial charge on any atom is 0.235 e. The molecule has 5 rings (SSSR count). The third-order valence-electron chi connectivity index (χ3n) is 4.94. The Labute approximate surface area is 155 Å². The summed E-state index contributed by atoms with van der Waals surface area (Å²) in [4.78, 5) is 8.06. The fraction of sp³-hybridized carbons (Fsp3) is 0.368. The summed E-state index contributed by atoms with van der Waals surface area (Å²) in [6.07, 6.45) is 5.21. The molecule has 4 heterocycles. The van der Waals surface area contributed by atoms with Gasteiger partial charge in [0.25, 0.3) is 0 Å². The molecule has 1 saturated heterocycles. The zero-order valence-electron chi connectivity index (χ0n) is 14.5. The van der Waals surface area contributed by atoms with Gasteiger partial charge in [0.2, 0.25) is 4.96 Å². The zero-order chi connectivity index (χ0) is 17.3. The third kappa shape index (κ3) is 2.97. The Hall–Kier alpha value is -2.38. The number of likely N-dealkylation sites (tertiary alicyclic amines) is 1. The Morgan fingerprint density at radius 1 is 0.923 bits per heavy atom. The molecule has 26 heavy (non-hydrogen) atoms. The molecule has 0 radical (unpaired) electrons. The molecule has 6 nitrogen and oxygen atoms in total. The van der Waals surface area contributed by atoms with E-state index in [1.807, 2.05) is 28.8 Å². The van der Waals surface area contributed by atoms with Crippen molar-refractivity contribution < 1.29 is 0 Å². The van der Waals surface area contributed by atoms with E-state index in [-0.39, 0.29) is 0 Å². The molecular formula is C19H20N6S. The number of nitrogens with zero attached hydrogens (tertiary/aromatic N) is 6. The van der Waals surface area contributed by atoms with Crippen LogP contribution in [0.2, 0.25) is 0 Å². The van der Waals surface area contributed by atoms with E-state index in [2.05, 4.69) is 27.2 Å². The standard InChI is InChI=1S/C19H20N6S/c1-2-6-12-24(11-5-1)13-17-21-22-19-25(17)23-18(26-19)16-10-9-14-7-3-4-8-15(14)20-16/h3-4,7-10H,1-2,5-6,11-13H2. The van der Waals surface area contributed by atoms with Crippen LogP contribution >= 0.6 is 11.3 Å². The van der Waals surface area contributed by atoms with E-state index in [1.54, 1.807) is 11.3 Å². The van der Waals surface area contributed by atoms with Gasteiger partial charge in [0.1, 0.15) is 5.69 Å². The number of hydrogen-bond acceptors (Lipinski definition) is 6. The summed E-state index contributed by atoms with van der Waals surface area (Å²) in [5.41, 5.74) is 1.88. The lowest BCUT2D eigenvalue weighted by atomic mass is 10.2. The molecule has 1 aromatic carbocycles. The quantitative estimate of drug-likeness (QED) is 0.554.